The van der Waals surface area contributed by atoms with Crippen LogP contribution >= 0.6 is 0 Å². The van der Waals surface area contributed by atoms with Crippen LogP contribution in [-0.2, 0) is 22.6 Å². The van der Waals surface area contributed by atoms with Crippen LogP contribution in [0.2, 0.25) is 0 Å². The summed E-state index contributed by atoms with van der Waals surface area (Å²) in [6.45, 7) is 1.75. The third-order valence-corrected chi connectivity index (χ3v) is 7.39. The van der Waals surface area contributed by atoms with Crippen LogP contribution in [0.4, 0.5) is 4.79 Å². The first kappa shape index (κ1) is 27.6. The van der Waals surface area contributed by atoms with E-state index in [0.29, 0.717) is 33.1 Å². The number of carbonyl (C=O) groups excluding carboxylic acids is 2. The van der Waals surface area contributed by atoms with Crippen molar-refractivity contribution >= 4 is 44.7 Å². The molecule has 0 saturated carbocycles. The summed E-state index contributed by atoms with van der Waals surface area (Å²) < 4.78 is 22.1. The molecule has 9 heteroatoms. The monoisotopic (exact) mass is 576 g/mol. The SMILES string of the molecule is COc1ccc2c(c1)c(=O)oc1c(C)c(OC(=O)[C@H](Cc3c[nH]c4ccccc34)NC(=O)OCc3ccccc3)ccc12. The van der Waals surface area contributed by atoms with Gasteiger partial charge in [-0.05, 0) is 54.4 Å². The smallest absolute Gasteiger partial charge is 0.408 e. The van der Waals surface area contributed by atoms with Gasteiger partial charge in [0, 0.05) is 39.9 Å². The fraction of sp³-hybridized carbons (Fsp3) is 0.147. The molecular weight excluding hydrogens is 548 g/mol. The van der Waals surface area contributed by atoms with Crippen molar-refractivity contribution in [1.82, 2.24) is 10.3 Å². The number of rotatable bonds is 8. The normalized spacial score (nSPS) is 11.9. The lowest BCUT2D eigenvalue weighted by molar-refractivity contribution is -0.136. The van der Waals surface area contributed by atoms with Crippen molar-refractivity contribution in [2.75, 3.05) is 7.11 Å². The Morgan fingerprint density at radius 3 is 2.49 bits per heavy atom. The van der Waals surface area contributed by atoms with Crippen molar-refractivity contribution in [2.24, 2.45) is 0 Å². The number of nitrogens with one attached hydrogen (secondary N) is 2. The first-order chi connectivity index (χ1) is 20.9. The molecule has 2 heterocycles. The van der Waals surface area contributed by atoms with E-state index in [0.717, 1.165) is 22.0 Å². The summed E-state index contributed by atoms with van der Waals surface area (Å²) in [5.41, 5.74) is 2.78. The number of aromatic amines is 1. The Hall–Kier alpha value is -5.57. The minimum absolute atomic E-state index is 0.0458. The Balaban J connectivity index is 1.29. The van der Waals surface area contributed by atoms with Crippen LogP contribution in [0.1, 0.15) is 16.7 Å². The van der Waals surface area contributed by atoms with E-state index < -0.39 is 23.7 Å². The lowest BCUT2D eigenvalue weighted by atomic mass is 10.0. The van der Waals surface area contributed by atoms with E-state index in [9.17, 15) is 14.4 Å². The molecule has 216 valence electrons. The van der Waals surface area contributed by atoms with E-state index >= 15 is 0 Å². The third-order valence-electron chi connectivity index (χ3n) is 7.39. The molecule has 0 aliphatic heterocycles. The third kappa shape index (κ3) is 5.65. The molecule has 0 bridgehead atoms. The van der Waals surface area contributed by atoms with Gasteiger partial charge in [-0.2, -0.15) is 0 Å². The zero-order chi connectivity index (χ0) is 29.9. The summed E-state index contributed by atoms with van der Waals surface area (Å²) >= 11 is 0. The summed E-state index contributed by atoms with van der Waals surface area (Å²) in [7, 11) is 1.53. The van der Waals surface area contributed by atoms with Gasteiger partial charge in [-0.25, -0.2) is 14.4 Å². The van der Waals surface area contributed by atoms with Gasteiger partial charge in [0.05, 0.1) is 12.5 Å². The number of benzene rings is 4. The molecule has 0 radical (unpaired) electrons. The van der Waals surface area contributed by atoms with E-state index in [-0.39, 0.29) is 18.8 Å². The molecule has 0 saturated heterocycles. The molecule has 0 aliphatic carbocycles. The molecule has 0 unspecified atom stereocenters. The van der Waals surface area contributed by atoms with Crippen LogP contribution in [0.25, 0.3) is 32.6 Å². The maximum Gasteiger partial charge on any atom is 0.408 e. The van der Waals surface area contributed by atoms with Crippen LogP contribution in [0.3, 0.4) is 0 Å². The standard InChI is InChI=1S/C34H28N2O7/c1-20-30(15-14-26-25-13-12-23(40-2)17-27(25)32(37)43-31(20)26)42-33(38)29(16-22-18-35-28-11-7-6-10-24(22)28)36-34(39)41-19-21-8-4-3-5-9-21/h3-15,17-18,29,35H,16,19H2,1-2H3,(H,36,39)/t29-/m0/s1. The number of aryl methyl sites for hydroxylation is 1. The van der Waals surface area contributed by atoms with Gasteiger partial charge in [-0.3, -0.25) is 0 Å². The number of aromatic nitrogens is 1. The number of H-pyrrole nitrogens is 1. The number of amides is 1. The fourth-order valence-corrected chi connectivity index (χ4v) is 5.13. The molecule has 2 aromatic heterocycles. The number of para-hydroxylation sites is 1. The second kappa shape index (κ2) is 11.7. The Morgan fingerprint density at radius 2 is 1.67 bits per heavy atom. The van der Waals surface area contributed by atoms with Crippen LogP contribution < -0.4 is 20.4 Å². The largest absolute Gasteiger partial charge is 0.497 e. The van der Waals surface area contributed by atoms with Crippen molar-refractivity contribution in [2.45, 2.75) is 26.0 Å². The van der Waals surface area contributed by atoms with Crippen molar-refractivity contribution in [3.8, 4) is 11.5 Å². The first-order valence-electron chi connectivity index (χ1n) is 13.7. The molecule has 6 rings (SSSR count). The van der Waals surface area contributed by atoms with Gasteiger partial charge in [-0.1, -0.05) is 48.5 Å². The Bertz CT molecular complexity index is 2030. The van der Waals surface area contributed by atoms with Crippen molar-refractivity contribution in [1.29, 1.82) is 0 Å². The Labute approximate surface area is 246 Å². The average Bonchev–Trinajstić information content (AvgIpc) is 3.44. The highest BCUT2D eigenvalue weighted by atomic mass is 16.6. The first-order valence-corrected chi connectivity index (χ1v) is 13.7. The molecule has 2 N–H and O–H groups in total. The van der Waals surface area contributed by atoms with Gasteiger partial charge in [0.15, 0.2) is 0 Å². The minimum atomic E-state index is -1.08. The predicted octanol–water partition coefficient (Wildman–Crippen LogP) is 6.19. The van der Waals surface area contributed by atoms with Crippen molar-refractivity contribution in [3.63, 3.8) is 0 Å². The molecule has 0 aliphatic rings. The molecule has 6 aromatic rings. The molecular formula is C34H28N2O7. The van der Waals surface area contributed by atoms with Crippen molar-refractivity contribution in [3.05, 3.63) is 118 Å². The summed E-state index contributed by atoms with van der Waals surface area (Å²) in [5, 5.41) is 5.36. The lowest BCUT2D eigenvalue weighted by Gasteiger charge is -2.18. The van der Waals surface area contributed by atoms with Gasteiger partial charge in [-0.15, -0.1) is 0 Å². The maximum atomic E-state index is 13.6. The average molecular weight is 577 g/mol. The topological polar surface area (TPSA) is 120 Å². The Kier molecular flexibility index (Phi) is 7.53. The number of methoxy groups -OCH3 is 1. The second-order valence-corrected chi connectivity index (χ2v) is 10.1. The minimum Gasteiger partial charge on any atom is -0.497 e. The summed E-state index contributed by atoms with van der Waals surface area (Å²) in [6.07, 6.45) is 1.20. The Morgan fingerprint density at radius 1 is 0.907 bits per heavy atom. The highest BCUT2D eigenvalue weighted by molar-refractivity contribution is 6.06. The maximum absolute atomic E-state index is 13.6. The van der Waals surface area contributed by atoms with Gasteiger partial charge in [0.1, 0.15) is 29.7 Å². The predicted molar refractivity (Wildman–Crippen MR) is 162 cm³/mol. The summed E-state index contributed by atoms with van der Waals surface area (Å²) in [6, 6.07) is 24.4. The number of alkyl carbamates (subject to hydrolysis) is 1. The number of esters is 1. The second-order valence-electron chi connectivity index (χ2n) is 10.1. The number of carbonyl (C=O) groups is 2. The number of fused-ring (bicyclic) bond motifs is 4. The van der Waals surface area contributed by atoms with E-state index in [1.165, 1.54) is 7.11 Å². The quantitative estimate of drug-likeness (QED) is 0.0960. The summed E-state index contributed by atoms with van der Waals surface area (Å²) in [4.78, 5) is 42.5. The lowest BCUT2D eigenvalue weighted by Crippen LogP contribution is -2.44. The molecule has 0 spiro atoms. The molecule has 1 atom stereocenters. The van der Waals surface area contributed by atoms with Crippen LogP contribution in [-0.4, -0.2) is 30.2 Å². The van der Waals surface area contributed by atoms with Crippen LogP contribution in [0, 0.1) is 6.92 Å². The summed E-state index contributed by atoms with van der Waals surface area (Å²) in [5.74, 6) is 0.0478. The van der Waals surface area contributed by atoms with Gasteiger partial charge >= 0.3 is 17.7 Å². The molecule has 0 fully saturated rings. The molecule has 4 aromatic carbocycles. The van der Waals surface area contributed by atoms with Gasteiger partial charge in [0.2, 0.25) is 0 Å². The van der Waals surface area contributed by atoms with E-state index in [1.54, 1.807) is 43.5 Å². The van der Waals surface area contributed by atoms with Crippen molar-refractivity contribution < 1.29 is 28.2 Å². The number of hydrogen-bond donors (Lipinski definition) is 2. The van der Waals surface area contributed by atoms with E-state index in [1.807, 2.05) is 54.6 Å². The molecule has 9 nitrogen and oxygen atoms in total. The van der Waals surface area contributed by atoms with Gasteiger partial charge < -0.3 is 28.9 Å². The van der Waals surface area contributed by atoms with Crippen LogP contribution in [0.15, 0.2) is 100 Å². The zero-order valence-electron chi connectivity index (χ0n) is 23.5. The number of ether oxygens (including phenoxy) is 3. The number of hydrogen-bond acceptors (Lipinski definition) is 7. The molecule has 1 amide bonds. The highest BCUT2D eigenvalue weighted by Gasteiger charge is 2.26. The van der Waals surface area contributed by atoms with E-state index in [2.05, 4.69) is 10.3 Å². The highest BCUT2D eigenvalue weighted by Crippen LogP contribution is 2.32. The van der Waals surface area contributed by atoms with Crippen LogP contribution in [0.5, 0.6) is 11.5 Å². The fourth-order valence-electron chi connectivity index (χ4n) is 5.13. The molecule has 43 heavy (non-hydrogen) atoms. The van der Waals surface area contributed by atoms with E-state index in [4.69, 9.17) is 18.6 Å². The zero-order valence-corrected chi connectivity index (χ0v) is 23.5. The van der Waals surface area contributed by atoms with Gasteiger partial charge in [0.25, 0.3) is 0 Å².